The van der Waals surface area contributed by atoms with Crippen molar-refractivity contribution in [3.05, 3.63) is 75.4 Å². The first-order chi connectivity index (χ1) is 13.4. The van der Waals surface area contributed by atoms with E-state index in [0.717, 1.165) is 5.39 Å². The van der Waals surface area contributed by atoms with Crippen LogP contribution in [0, 0.1) is 5.92 Å². The van der Waals surface area contributed by atoms with Crippen molar-refractivity contribution in [1.82, 2.24) is 19.2 Å². The number of Topliss-reactive ketones (excluding diaryl/α,β-unsaturated/α-hetero) is 1. The molecule has 7 heteroatoms. The van der Waals surface area contributed by atoms with Crippen molar-refractivity contribution in [2.75, 3.05) is 0 Å². The summed E-state index contributed by atoms with van der Waals surface area (Å²) in [4.78, 5) is 30.4. The number of ketones is 1. The summed E-state index contributed by atoms with van der Waals surface area (Å²) in [7, 11) is 0. The van der Waals surface area contributed by atoms with Crippen molar-refractivity contribution in [3.8, 4) is 0 Å². The van der Waals surface area contributed by atoms with E-state index >= 15 is 0 Å². The van der Waals surface area contributed by atoms with E-state index < -0.39 is 0 Å². The molecule has 0 unspecified atom stereocenters. The van der Waals surface area contributed by atoms with Gasteiger partial charge >= 0.3 is 5.69 Å². The van der Waals surface area contributed by atoms with Crippen LogP contribution in [0.25, 0.3) is 16.6 Å². The first-order valence-electron chi connectivity index (χ1n) is 9.10. The maximum atomic E-state index is 13.1. The summed E-state index contributed by atoms with van der Waals surface area (Å²) >= 11 is 5.90. The van der Waals surface area contributed by atoms with Crippen LogP contribution in [0.4, 0.5) is 0 Å². The molecule has 0 radical (unpaired) electrons. The Morgan fingerprint density at radius 2 is 1.82 bits per heavy atom. The standard InChI is InChI=1S/C21H19ClN4O2/c1-13(2)11-19-23-20-16-5-3-4-6-17(16)25(21(28)26(20)24-19)12-18(27)14-7-9-15(22)10-8-14/h3-10,13H,11-12H2,1-2H3. The second kappa shape index (κ2) is 7.20. The van der Waals surface area contributed by atoms with Crippen LogP contribution in [0.5, 0.6) is 0 Å². The third-order valence-corrected chi connectivity index (χ3v) is 4.81. The fourth-order valence-corrected chi connectivity index (χ4v) is 3.38. The molecule has 2 aromatic heterocycles. The lowest BCUT2D eigenvalue weighted by Gasteiger charge is -2.10. The van der Waals surface area contributed by atoms with E-state index in [-0.39, 0.29) is 18.0 Å². The molecule has 0 bridgehead atoms. The lowest BCUT2D eigenvalue weighted by Crippen LogP contribution is -2.30. The van der Waals surface area contributed by atoms with Crippen LogP contribution >= 0.6 is 11.6 Å². The van der Waals surface area contributed by atoms with Gasteiger partial charge in [-0.3, -0.25) is 9.36 Å². The van der Waals surface area contributed by atoms with E-state index in [1.165, 1.54) is 9.08 Å². The maximum absolute atomic E-state index is 13.1. The Balaban J connectivity index is 1.87. The number of carbonyl (C=O) groups excluding carboxylic acids is 1. The molecule has 0 amide bonds. The number of halogens is 1. The monoisotopic (exact) mass is 394 g/mol. The number of fused-ring (bicyclic) bond motifs is 3. The molecule has 28 heavy (non-hydrogen) atoms. The van der Waals surface area contributed by atoms with E-state index in [2.05, 4.69) is 23.9 Å². The minimum Gasteiger partial charge on any atom is -0.292 e. The van der Waals surface area contributed by atoms with Crippen LogP contribution in [0.1, 0.15) is 30.0 Å². The van der Waals surface area contributed by atoms with Gasteiger partial charge in [-0.25, -0.2) is 9.78 Å². The molecule has 0 fully saturated rings. The van der Waals surface area contributed by atoms with E-state index in [1.807, 2.05) is 24.3 Å². The number of benzene rings is 2. The Labute approximate surface area is 166 Å². The Kier molecular flexibility index (Phi) is 4.73. The molecule has 0 atom stereocenters. The quantitative estimate of drug-likeness (QED) is 0.483. The zero-order chi connectivity index (χ0) is 19.8. The first kappa shape index (κ1) is 18.4. The molecule has 0 spiro atoms. The zero-order valence-electron chi connectivity index (χ0n) is 15.6. The summed E-state index contributed by atoms with van der Waals surface area (Å²) in [5, 5.41) is 5.74. The Morgan fingerprint density at radius 3 is 2.54 bits per heavy atom. The molecule has 0 saturated carbocycles. The Hall–Kier alpha value is -2.99. The van der Waals surface area contributed by atoms with Gasteiger partial charge in [0.25, 0.3) is 0 Å². The van der Waals surface area contributed by atoms with E-state index in [9.17, 15) is 9.59 Å². The maximum Gasteiger partial charge on any atom is 0.351 e. The van der Waals surface area contributed by atoms with Gasteiger partial charge in [-0.1, -0.05) is 37.6 Å². The van der Waals surface area contributed by atoms with Gasteiger partial charge in [-0.2, -0.15) is 4.52 Å². The molecule has 2 aromatic carbocycles. The number of hydrogen-bond acceptors (Lipinski definition) is 4. The molecule has 2 heterocycles. The minimum atomic E-state index is -0.376. The fraction of sp³-hybridized carbons (Fsp3) is 0.238. The van der Waals surface area contributed by atoms with Gasteiger partial charge in [0, 0.05) is 22.4 Å². The molecule has 0 aliphatic carbocycles. The van der Waals surface area contributed by atoms with Crippen molar-refractivity contribution in [1.29, 1.82) is 0 Å². The number of hydrogen-bond donors (Lipinski definition) is 0. The number of nitrogens with zero attached hydrogens (tertiary/aromatic N) is 4. The lowest BCUT2D eigenvalue weighted by molar-refractivity contribution is 0.0971. The second-order valence-electron chi connectivity index (χ2n) is 7.18. The molecular formula is C21H19ClN4O2. The first-order valence-corrected chi connectivity index (χ1v) is 9.48. The Bertz CT molecular complexity index is 1240. The molecule has 4 rings (SSSR count). The number of aromatic nitrogens is 4. The summed E-state index contributed by atoms with van der Waals surface area (Å²) < 4.78 is 2.75. The van der Waals surface area contributed by atoms with Gasteiger partial charge in [0.1, 0.15) is 0 Å². The van der Waals surface area contributed by atoms with E-state index in [1.54, 1.807) is 24.3 Å². The molecular weight excluding hydrogens is 376 g/mol. The van der Waals surface area contributed by atoms with Crippen molar-refractivity contribution in [3.63, 3.8) is 0 Å². The lowest BCUT2D eigenvalue weighted by atomic mass is 10.1. The summed E-state index contributed by atoms with van der Waals surface area (Å²) in [6.07, 6.45) is 0.680. The molecule has 142 valence electrons. The third kappa shape index (κ3) is 3.31. The topological polar surface area (TPSA) is 69.3 Å². The average Bonchev–Trinajstić information content (AvgIpc) is 3.09. The van der Waals surface area contributed by atoms with Gasteiger partial charge in [0.15, 0.2) is 17.3 Å². The highest BCUT2D eigenvalue weighted by Gasteiger charge is 2.17. The van der Waals surface area contributed by atoms with Crippen LogP contribution in [0.3, 0.4) is 0 Å². The smallest absolute Gasteiger partial charge is 0.292 e. The van der Waals surface area contributed by atoms with Crippen LogP contribution in [-0.4, -0.2) is 24.9 Å². The van der Waals surface area contributed by atoms with Gasteiger partial charge in [0.2, 0.25) is 0 Å². The highest BCUT2D eigenvalue weighted by atomic mass is 35.5. The fourth-order valence-electron chi connectivity index (χ4n) is 3.25. The van der Waals surface area contributed by atoms with Crippen LogP contribution in [0.2, 0.25) is 5.02 Å². The van der Waals surface area contributed by atoms with Crippen LogP contribution in [0.15, 0.2) is 53.3 Å². The normalized spacial score (nSPS) is 11.6. The summed E-state index contributed by atoms with van der Waals surface area (Å²) in [6, 6.07) is 14.1. The highest BCUT2D eigenvalue weighted by Crippen LogP contribution is 2.18. The van der Waals surface area contributed by atoms with E-state index in [0.29, 0.717) is 39.9 Å². The number of para-hydroxylation sites is 1. The van der Waals surface area contributed by atoms with Gasteiger partial charge in [0.05, 0.1) is 12.1 Å². The number of rotatable bonds is 5. The zero-order valence-corrected chi connectivity index (χ0v) is 16.3. The summed E-state index contributed by atoms with van der Waals surface area (Å²) in [5.74, 6) is 0.821. The average molecular weight is 395 g/mol. The molecule has 6 nitrogen and oxygen atoms in total. The van der Waals surface area contributed by atoms with Crippen molar-refractivity contribution in [2.24, 2.45) is 5.92 Å². The molecule has 0 aliphatic heterocycles. The summed E-state index contributed by atoms with van der Waals surface area (Å²) in [5.41, 5.74) is 1.30. The molecule has 0 aliphatic rings. The third-order valence-electron chi connectivity index (χ3n) is 4.56. The minimum absolute atomic E-state index is 0.0870. The van der Waals surface area contributed by atoms with Crippen molar-refractivity contribution < 1.29 is 4.79 Å². The van der Waals surface area contributed by atoms with Crippen molar-refractivity contribution in [2.45, 2.75) is 26.8 Å². The van der Waals surface area contributed by atoms with Gasteiger partial charge < -0.3 is 0 Å². The molecule has 4 aromatic rings. The predicted molar refractivity (Wildman–Crippen MR) is 109 cm³/mol. The van der Waals surface area contributed by atoms with Crippen LogP contribution < -0.4 is 5.69 Å². The molecule has 0 saturated heterocycles. The Morgan fingerprint density at radius 1 is 1.11 bits per heavy atom. The SMILES string of the molecule is CC(C)Cc1nc2c3ccccc3n(CC(=O)c3ccc(Cl)cc3)c(=O)n2n1. The predicted octanol–water partition coefficient (Wildman–Crippen LogP) is 3.78. The van der Waals surface area contributed by atoms with E-state index in [4.69, 9.17) is 11.6 Å². The van der Waals surface area contributed by atoms with Gasteiger partial charge in [-0.15, -0.1) is 5.10 Å². The van der Waals surface area contributed by atoms with Crippen molar-refractivity contribution >= 4 is 33.9 Å². The highest BCUT2D eigenvalue weighted by molar-refractivity contribution is 6.30. The second-order valence-corrected chi connectivity index (χ2v) is 7.61. The molecule has 0 N–H and O–H groups in total. The largest absolute Gasteiger partial charge is 0.351 e. The number of carbonyl (C=O) groups is 1. The van der Waals surface area contributed by atoms with Crippen LogP contribution in [-0.2, 0) is 13.0 Å². The summed E-state index contributed by atoms with van der Waals surface area (Å²) in [6.45, 7) is 4.07. The van der Waals surface area contributed by atoms with Gasteiger partial charge in [-0.05, 0) is 42.3 Å².